The molecule has 0 spiro atoms. The van der Waals surface area contributed by atoms with Gasteiger partial charge in [-0.3, -0.25) is 9.89 Å². The molecule has 1 heterocycles. The molecule has 30 heavy (non-hydrogen) atoms. The number of aryl methyl sites for hydroxylation is 1. The minimum absolute atomic E-state index is 0.243. The van der Waals surface area contributed by atoms with Crippen LogP contribution in [0.2, 0.25) is 5.02 Å². The van der Waals surface area contributed by atoms with E-state index in [0.29, 0.717) is 23.6 Å². The van der Waals surface area contributed by atoms with Gasteiger partial charge in [-0.25, -0.2) is 0 Å². The smallest absolute Gasteiger partial charge is 0.311 e. The van der Waals surface area contributed by atoms with E-state index in [-0.39, 0.29) is 5.97 Å². The number of nitrogens with one attached hydrogen (secondary N) is 1. The van der Waals surface area contributed by atoms with E-state index in [2.05, 4.69) is 16.3 Å². The van der Waals surface area contributed by atoms with Gasteiger partial charge < -0.3 is 9.47 Å². The third-order valence-corrected chi connectivity index (χ3v) is 4.95. The van der Waals surface area contributed by atoms with Crippen molar-refractivity contribution in [3.63, 3.8) is 0 Å². The lowest BCUT2D eigenvalue weighted by Crippen LogP contribution is -2.07. The van der Waals surface area contributed by atoms with Gasteiger partial charge in [-0.2, -0.15) is 5.10 Å². The number of aromatic amines is 1. The summed E-state index contributed by atoms with van der Waals surface area (Å²) in [7, 11) is 1.60. The summed E-state index contributed by atoms with van der Waals surface area (Å²) in [5.74, 6) is 1.00. The van der Waals surface area contributed by atoms with Crippen LogP contribution in [0.5, 0.6) is 11.5 Å². The molecular formula is C24H25ClN2O3. The van der Waals surface area contributed by atoms with E-state index >= 15 is 0 Å². The molecule has 0 aliphatic heterocycles. The van der Waals surface area contributed by atoms with E-state index in [1.54, 1.807) is 37.6 Å². The number of hydrogen-bond acceptors (Lipinski definition) is 4. The molecule has 3 rings (SSSR count). The Morgan fingerprint density at radius 1 is 1.03 bits per heavy atom. The molecule has 1 N–H and O–H groups in total. The van der Waals surface area contributed by atoms with Crippen molar-refractivity contribution in [2.45, 2.75) is 32.1 Å². The van der Waals surface area contributed by atoms with Gasteiger partial charge in [0.15, 0.2) is 0 Å². The molecule has 156 valence electrons. The number of ether oxygens (including phenoxy) is 2. The highest BCUT2D eigenvalue weighted by atomic mass is 35.5. The SMILES string of the molecule is COc1ccc(OC(=O)CCC/C(=C/CCc2ccn[nH]2)c2ccc(Cl)cc2)cc1. The van der Waals surface area contributed by atoms with Crippen molar-refractivity contribution in [3.8, 4) is 11.5 Å². The molecule has 0 radical (unpaired) electrons. The minimum atomic E-state index is -0.243. The summed E-state index contributed by atoms with van der Waals surface area (Å²) in [5.41, 5.74) is 3.42. The summed E-state index contributed by atoms with van der Waals surface area (Å²) in [6, 6.07) is 16.8. The molecule has 0 aliphatic carbocycles. The predicted molar refractivity (Wildman–Crippen MR) is 119 cm³/mol. The Labute approximate surface area is 181 Å². The Hall–Kier alpha value is -3.05. The standard InChI is InChI=1S/C24H25ClN2O3/c1-29-22-12-14-23(15-13-22)30-24(28)7-3-5-18(19-8-10-20(25)11-9-19)4-2-6-21-16-17-26-27-21/h4,8-17H,2-3,5-7H2,1H3,(H,26,27)/b18-4-. The van der Waals surface area contributed by atoms with Gasteiger partial charge in [0, 0.05) is 23.3 Å². The van der Waals surface area contributed by atoms with Gasteiger partial charge in [0.25, 0.3) is 0 Å². The third-order valence-electron chi connectivity index (χ3n) is 4.70. The van der Waals surface area contributed by atoms with E-state index in [0.717, 1.165) is 36.3 Å². The molecule has 0 atom stereocenters. The zero-order valence-electron chi connectivity index (χ0n) is 16.9. The van der Waals surface area contributed by atoms with Crippen molar-refractivity contribution >= 4 is 23.1 Å². The molecule has 0 aliphatic rings. The van der Waals surface area contributed by atoms with E-state index in [9.17, 15) is 4.79 Å². The molecule has 3 aromatic rings. The van der Waals surface area contributed by atoms with Gasteiger partial charge in [0.05, 0.1) is 7.11 Å². The molecule has 0 amide bonds. The number of hydrogen-bond donors (Lipinski definition) is 1. The summed E-state index contributed by atoms with van der Waals surface area (Å²) in [4.78, 5) is 12.2. The van der Waals surface area contributed by atoms with Crippen molar-refractivity contribution in [3.05, 3.63) is 83.2 Å². The average molecular weight is 425 g/mol. The summed E-state index contributed by atoms with van der Waals surface area (Å²) >= 11 is 6.03. The predicted octanol–water partition coefficient (Wildman–Crippen LogP) is 5.86. The van der Waals surface area contributed by atoms with Crippen molar-refractivity contribution in [2.75, 3.05) is 7.11 Å². The Morgan fingerprint density at radius 3 is 2.43 bits per heavy atom. The zero-order valence-corrected chi connectivity index (χ0v) is 17.7. The largest absolute Gasteiger partial charge is 0.497 e. The van der Waals surface area contributed by atoms with Crippen LogP contribution in [-0.4, -0.2) is 23.3 Å². The van der Waals surface area contributed by atoms with Crippen molar-refractivity contribution in [1.82, 2.24) is 10.2 Å². The van der Waals surface area contributed by atoms with Gasteiger partial charge in [-0.1, -0.05) is 29.8 Å². The quantitative estimate of drug-likeness (QED) is 0.327. The number of H-pyrrole nitrogens is 1. The topological polar surface area (TPSA) is 64.2 Å². The molecule has 1 aromatic heterocycles. The summed E-state index contributed by atoms with van der Waals surface area (Å²) in [6.07, 6.45) is 7.58. The highest BCUT2D eigenvalue weighted by Crippen LogP contribution is 2.24. The van der Waals surface area contributed by atoms with Crippen LogP contribution in [0.4, 0.5) is 0 Å². The first-order chi connectivity index (χ1) is 14.6. The second kappa shape index (κ2) is 11.2. The number of benzene rings is 2. The van der Waals surface area contributed by atoms with Crippen LogP contribution in [0, 0.1) is 0 Å². The van der Waals surface area contributed by atoms with Crippen molar-refractivity contribution in [2.24, 2.45) is 0 Å². The lowest BCUT2D eigenvalue weighted by atomic mass is 9.98. The van der Waals surface area contributed by atoms with Crippen LogP contribution >= 0.6 is 11.6 Å². The molecule has 2 aromatic carbocycles. The fourth-order valence-corrected chi connectivity index (χ4v) is 3.23. The number of halogens is 1. The Balaban J connectivity index is 1.55. The number of nitrogens with zero attached hydrogens (tertiary/aromatic N) is 1. The van der Waals surface area contributed by atoms with Gasteiger partial charge in [-0.05, 0) is 79.3 Å². The van der Waals surface area contributed by atoms with Crippen LogP contribution in [0.15, 0.2) is 66.9 Å². The van der Waals surface area contributed by atoms with Crippen LogP contribution in [0.25, 0.3) is 5.57 Å². The maximum absolute atomic E-state index is 12.2. The second-order valence-electron chi connectivity index (χ2n) is 6.86. The average Bonchev–Trinajstić information content (AvgIpc) is 3.27. The van der Waals surface area contributed by atoms with Crippen molar-refractivity contribution < 1.29 is 14.3 Å². The Kier molecular flexibility index (Phi) is 8.10. The number of aromatic nitrogens is 2. The number of carbonyl (C=O) groups excluding carboxylic acids is 1. The van der Waals surface area contributed by atoms with Gasteiger partial charge >= 0.3 is 5.97 Å². The van der Waals surface area contributed by atoms with E-state index in [1.807, 2.05) is 30.3 Å². The van der Waals surface area contributed by atoms with Crippen LogP contribution in [-0.2, 0) is 11.2 Å². The van der Waals surface area contributed by atoms with Gasteiger partial charge in [0.2, 0.25) is 0 Å². The van der Waals surface area contributed by atoms with Gasteiger partial charge in [0.1, 0.15) is 11.5 Å². The summed E-state index contributed by atoms with van der Waals surface area (Å²) in [5, 5.41) is 7.67. The molecule has 5 nitrogen and oxygen atoms in total. The lowest BCUT2D eigenvalue weighted by Gasteiger charge is -2.09. The van der Waals surface area contributed by atoms with Crippen LogP contribution < -0.4 is 9.47 Å². The first-order valence-electron chi connectivity index (χ1n) is 9.92. The van der Waals surface area contributed by atoms with E-state index in [1.165, 1.54) is 5.57 Å². The number of carbonyl (C=O) groups is 1. The number of allylic oxidation sites excluding steroid dienone is 2. The monoisotopic (exact) mass is 424 g/mol. The fraction of sp³-hybridized carbons (Fsp3) is 0.250. The number of esters is 1. The highest BCUT2D eigenvalue weighted by Gasteiger charge is 2.08. The lowest BCUT2D eigenvalue weighted by molar-refractivity contribution is -0.134. The molecule has 0 fully saturated rings. The Bertz CT molecular complexity index is 949. The number of methoxy groups -OCH3 is 1. The molecule has 0 saturated carbocycles. The van der Waals surface area contributed by atoms with Crippen molar-refractivity contribution in [1.29, 1.82) is 0 Å². The summed E-state index contributed by atoms with van der Waals surface area (Å²) in [6.45, 7) is 0. The Morgan fingerprint density at radius 2 is 1.77 bits per heavy atom. The zero-order chi connectivity index (χ0) is 21.2. The first kappa shape index (κ1) is 21.7. The fourth-order valence-electron chi connectivity index (χ4n) is 3.10. The maximum Gasteiger partial charge on any atom is 0.311 e. The second-order valence-corrected chi connectivity index (χ2v) is 7.30. The molecule has 0 saturated heterocycles. The van der Waals surface area contributed by atoms with Crippen LogP contribution in [0.1, 0.15) is 36.9 Å². The van der Waals surface area contributed by atoms with E-state index in [4.69, 9.17) is 21.1 Å². The van der Waals surface area contributed by atoms with E-state index < -0.39 is 0 Å². The van der Waals surface area contributed by atoms with Gasteiger partial charge in [-0.15, -0.1) is 0 Å². The molecular weight excluding hydrogens is 400 g/mol. The molecule has 0 bridgehead atoms. The highest BCUT2D eigenvalue weighted by molar-refractivity contribution is 6.30. The maximum atomic E-state index is 12.2. The summed E-state index contributed by atoms with van der Waals surface area (Å²) < 4.78 is 10.5. The first-order valence-corrected chi connectivity index (χ1v) is 10.3. The number of rotatable bonds is 10. The minimum Gasteiger partial charge on any atom is -0.497 e. The molecule has 0 unspecified atom stereocenters. The van der Waals surface area contributed by atoms with Crippen LogP contribution in [0.3, 0.4) is 0 Å². The molecule has 6 heteroatoms. The normalized spacial score (nSPS) is 11.3. The third kappa shape index (κ3) is 6.78.